The predicted octanol–water partition coefficient (Wildman–Crippen LogP) is 7.89. The van der Waals surface area contributed by atoms with Gasteiger partial charge in [0.1, 0.15) is 12.1 Å². The third kappa shape index (κ3) is 24.9. The summed E-state index contributed by atoms with van der Waals surface area (Å²) in [6, 6.07) is 56.5. The Bertz CT molecular complexity index is 2630. The van der Waals surface area contributed by atoms with E-state index in [1.807, 2.05) is 0 Å². The largest absolute Gasteiger partial charge is 2.00 e. The Balaban J connectivity index is 0.000000772. The molecule has 0 fully saturated rings. The minimum Gasteiger partial charge on any atom is -0.779 e. The van der Waals surface area contributed by atoms with E-state index >= 15 is 0 Å². The maximum Gasteiger partial charge on any atom is 2.00 e. The Morgan fingerprint density at radius 1 is 0.452 bits per heavy atom. The summed E-state index contributed by atoms with van der Waals surface area (Å²) in [6.07, 6.45) is 3.04. The molecule has 0 aromatic heterocycles. The van der Waals surface area contributed by atoms with Gasteiger partial charge in [0.05, 0.1) is 12.1 Å². The van der Waals surface area contributed by atoms with E-state index in [1.54, 1.807) is 12.1 Å². The molecule has 10 nitrogen and oxygen atoms in total. The van der Waals surface area contributed by atoms with Crippen molar-refractivity contribution in [2.45, 2.75) is 102 Å². The first-order chi connectivity index (χ1) is 38.8. The molecule has 6 aromatic carbocycles. The number of benzene rings is 6. The number of carbonyl (C=O) groups excluding carboxylic acids is 1. The molecule has 7 rings (SSSR count). The molecule has 1 heterocycles. The van der Waals surface area contributed by atoms with Gasteiger partial charge in [-0.05, 0) is 64.2 Å². The zero-order chi connectivity index (χ0) is 61.0. The van der Waals surface area contributed by atoms with Crippen molar-refractivity contribution < 1.29 is 42.9 Å². The van der Waals surface area contributed by atoms with Gasteiger partial charge in [0.25, 0.3) is 0 Å². The zero-order valence-corrected chi connectivity index (χ0v) is 55.9. The molecular formula is C69H91BN8Ni2O2S2. The Labute approximate surface area is 538 Å². The third-order valence-electron chi connectivity index (χ3n) is 14.7. The standard InChI is InChI=1S/C38H66N6S2.C24H20B.C3H2O2.2C2H3N.2Ni/c1-37(2,3)33-21-29-25-41(9)17-13-39(7)15-19-43(11)27-31-23-34(38(4,5)6)24-32(36(31)46)28-44(12)20-16-40(8)14-18-42(10)26-30(22-33)35(29)45;1-5-13-21(14-6-1)25(22-15-7-2-8-16-22,23-17-9-3-10-18-23)24-19-11-4-12-20-24;1-2-3(4)5;2*1-2-3;;/h21-24,45-46H,13-20,25-28H2,1-12H3;1-20H;1H,(H,4,5);2*1H3;;/q;-1;;;;2*+2/p-3. The van der Waals surface area contributed by atoms with Crippen LogP contribution in [0.1, 0.15) is 88.8 Å². The van der Waals surface area contributed by atoms with E-state index in [9.17, 15) is 0 Å². The summed E-state index contributed by atoms with van der Waals surface area (Å²) < 4.78 is 0. The van der Waals surface area contributed by atoms with E-state index < -0.39 is 12.1 Å². The maximum absolute atomic E-state index is 9.02. The molecule has 4 bridgehead atoms. The van der Waals surface area contributed by atoms with Gasteiger partial charge in [-0.25, -0.2) is 0 Å². The average molecular weight is 1260 g/mol. The van der Waals surface area contributed by atoms with Crippen molar-refractivity contribution in [3.8, 4) is 24.5 Å². The van der Waals surface area contributed by atoms with Gasteiger partial charge in [-0.1, -0.05) is 215 Å². The molecule has 84 heavy (non-hydrogen) atoms. The van der Waals surface area contributed by atoms with Crippen molar-refractivity contribution in [1.82, 2.24) is 29.4 Å². The minimum atomic E-state index is -1.47. The van der Waals surface area contributed by atoms with E-state index in [1.165, 1.54) is 75.0 Å². The fourth-order valence-corrected chi connectivity index (χ4v) is 10.5. The molecular weight excluding hydrogens is 1170 g/mol. The second-order valence-electron chi connectivity index (χ2n) is 23.7. The number of likely N-dealkylation sites (N-methyl/N-ethyl adjacent to an activating group) is 6. The number of hydrogen-bond acceptors (Lipinski definition) is 12. The van der Waals surface area contributed by atoms with Gasteiger partial charge >= 0.3 is 33.0 Å². The number of carboxylic acid groups (broad SMARTS) is 1. The van der Waals surface area contributed by atoms with Crippen LogP contribution in [0.3, 0.4) is 0 Å². The minimum absolute atomic E-state index is 0. The molecule has 15 heteroatoms. The van der Waals surface area contributed by atoms with Crippen LogP contribution in [0.4, 0.5) is 0 Å². The molecule has 0 radical (unpaired) electrons. The Morgan fingerprint density at radius 3 is 0.798 bits per heavy atom. The van der Waals surface area contributed by atoms with Crippen molar-refractivity contribution in [1.29, 1.82) is 10.5 Å². The second-order valence-corrected chi connectivity index (χ2v) is 24.5. The van der Waals surface area contributed by atoms with Crippen LogP contribution in [0.15, 0.2) is 155 Å². The maximum atomic E-state index is 9.02. The summed E-state index contributed by atoms with van der Waals surface area (Å²) in [5, 5.41) is 23.7. The molecule has 0 spiro atoms. The van der Waals surface area contributed by atoms with Crippen LogP contribution >= 0.6 is 0 Å². The topological polar surface area (TPSA) is 107 Å². The average Bonchev–Trinajstić information content (AvgIpc) is 1.95. The number of terminal acetylenes is 1. The number of fused-ring (bicyclic) bond motifs is 4. The van der Waals surface area contributed by atoms with Gasteiger partial charge in [0, 0.05) is 92.4 Å². The van der Waals surface area contributed by atoms with Crippen LogP contribution in [0.5, 0.6) is 0 Å². The monoisotopic (exact) mass is 1250 g/mol. The summed E-state index contributed by atoms with van der Waals surface area (Å²) in [6.45, 7) is 28.2. The predicted molar refractivity (Wildman–Crippen MR) is 348 cm³/mol. The summed E-state index contributed by atoms with van der Waals surface area (Å²) in [5.41, 5.74) is 13.4. The molecule has 0 aliphatic carbocycles. The van der Waals surface area contributed by atoms with Gasteiger partial charge < -0.3 is 64.6 Å². The van der Waals surface area contributed by atoms with E-state index in [4.69, 9.17) is 45.7 Å². The zero-order valence-electron chi connectivity index (χ0n) is 52.3. The van der Waals surface area contributed by atoms with Crippen molar-refractivity contribution in [2.75, 3.05) is 94.6 Å². The molecule has 0 atom stereocenters. The third-order valence-corrected chi connectivity index (χ3v) is 15.8. The second kappa shape index (κ2) is 38.6. The first-order valence-corrected chi connectivity index (χ1v) is 29.1. The van der Waals surface area contributed by atoms with Crippen molar-refractivity contribution in [3.05, 3.63) is 179 Å². The summed E-state index contributed by atoms with van der Waals surface area (Å²) in [7, 11) is 13.4. The molecule has 0 N–H and O–H groups in total. The molecule has 1 aliphatic heterocycles. The molecule has 454 valence electrons. The van der Waals surface area contributed by atoms with Crippen LogP contribution in [0.25, 0.3) is 0 Å². The SMILES string of the molecule is C#CC(=O)[O-].CC#N.CC#N.CN1CCN(C)Cc2cc(C(C)(C)C)cc(c2[S-])CN(C)CCN(C)CCN(C)Cc2cc(C(C)(C)C)cc(c2[S-])CN(C)CC1.[Ni+2].[Ni+2].c1ccc([B-](c2ccccc2)(c2ccccc2)c2ccccc2)cc1. The first-order valence-electron chi connectivity index (χ1n) is 28.3. The van der Waals surface area contributed by atoms with Crippen LogP contribution in [-0.2, 0) is 100 Å². The van der Waals surface area contributed by atoms with Crippen LogP contribution < -0.4 is 27.0 Å². The summed E-state index contributed by atoms with van der Waals surface area (Å²) in [5.74, 6) is -0.134. The smallest absolute Gasteiger partial charge is 0.779 e. The number of carbonyl (C=O) groups is 1. The van der Waals surface area contributed by atoms with Gasteiger partial charge in [0.15, 0.2) is 0 Å². The van der Waals surface area contributed by atoms with E-state index in [0.29, 0.717) is 0 Å². The fraction of sp³-hybridized carbons (Fsp3) is 0.406. The number of rotatable bonds is 4. The molecule has 0 saturated heterocycles. The van der Waals surface area contributed by atoms with Crippen molar-refractivity contribution in [3.63, 3.8) is 0 Å². The van der Waals surface area contributed by atoms with Crippen LogP contribution in [0, 0.1) is 35.0 Å². The molecule has 0 amide bonds. The number of nitriles is 2. The van der Waals surface area contributed by atoms with Gasteiger partial charge in [0.2, 0.25) is 0 Å². The van der Waals surface area contributed by atoms with Crippen molar-refractivity contribution in [2.24, 2.45) is 0 Å². The Kier molecular flexibility index (Phi) is 35.2. The molecule has 1 aliphatic rings. The summed E-state index contributed by atoms with van der Waals surface area (Å²) in [4.78, 5) is 25.7. The van der Waals surface area contributed by atoms with Crippen LogP contribution in [0.2, 0.25) is 0 Å². The quantitative estimate of drug-likeness (QED) is 0.0975. The van der Waals surface area contributed by atoms with E-state index in [2.05, 4.69) is 265 Å². The number of aliphatic carboxylic acids is 1. The molecule has 0 saturated carbocycles. The number of hydrogen-bond donors (Lipinski definition) is 0. The first kappa shape index (κ1) is 76.6. The van der Waals surface area contributed by atoms with E-state index in [-0.39, 0.29) is 43.8 Å². The normalized spacial score (nSPS) is 14.8. The Morgan fingerprint density at radius 2 is 0.631 bits per heavy atom. The van der Waals surface area contributed by atoms with Gasteiger partial charge in [-0.15, -0.1) is 6.42 Å². The summed E-state index contributed by atoms with van der Waals surface area (Å²) >= 11 is 12.3. The van der Waals surface area contributed by atoms with Crippen molar-refractivity contribution >= 4 is 59.2 Å². The van der Waals surface area contributed by atoms with E-state index in [0.717, 1.165) is 88.3 Å². The van der Waals surface area contributed by atoms with Gasteiger partial charge in [-0.3, -0.25) is 0 Å². The fourth-order valence-electron chi connectivity index (χ4n) is 10.0. The molecule has 0 unspecified atom stereocenters. The number of carboxylic acids is 1. The van der Waals surface area contributed by atoms with Crippen LogP contribution in [-0.4, -0.2) is 136 Å². The number of nitrogens with zero attached hydrogens (tertiary/aromatic N) is 8. The molecule has 6 aromatic rings. The Hall–Kier alpha value is -5.42. The van der Waals surface area contributed by atoms with Gasteiger partial charge in [-0.2, -0.15) is 42.2 Å².